The van der Waals surface area contributed by atoms with Crippen LogP contribution in [0.2, 0.25) is 0 Å². The molecule has 0 atom stereocenters. The van der Waals surface area contributed by atoms with E-state index in [9.17, 15) is 4.79 Å². The minimum atomic E-state index is -0.107. The molecule has 0 spiro atoms. The van der Waals surface area contributed by atoms with E-state index in [1.165, 1.54) is 22.3 Å². The highest BCUT2D eigenvalue weighted by Gasteiger charge is 2.28. The molecule has 0 aliphatic heterocycles. The minimum absolute atomic E-state index is 0.107. The van der Waals surface area contributed by atoms with E-state index < -0.39 is 0 Å². The number of carbonyl (C=O) groups excluding carboxylic acids is 1. The molecule has 5 rings (SSSR count). The summed E-state index contributed by atoms with van der Waals surface area (Å²) in [6.07, 6.45) is 1.72. The molecule has 34 heavy (non-hydrogen) atoms. The van der Waals surface area contributed by atoms with E-state index >= 15 is 0 Å². The first-order valence-corrected chi connectivity index (χ1v) is 12.9. The Morgan fingerprint density at radius 1 is 1.00 bits per heavy atom. The van der Waals surface area contributed by atoms with Gasteiger partial charge in [-0.15, -0.1) is 11.8 Å². The molecule has 0 radical (unpaired) electrons. The van der Waals surface area contributed by atoms with Crippen LogP contribution in [-0.2, 0) is 4.79 Å². The fraction of sp³-hybridized carbons (Fsp3) is 0.143. The highest BCUT2D eigenvalue weighted by molar-refractivity contribution is 9.10. The molecule has 170 valence electrons. The number of fused-ring (bicyclic) bond motifs is 3. The van der Waals surface area contributed by atoms with Gasteiger partial charge in [-0.3, -0.25) is 4.79 Å². The lowest BCUT2D eigenvalue weighted by Gasteiger charge is -2.12. The molecule has 3 aromatic carbocycles. The number of carbonyl (C=O) groups is 1. The molecular formula is C28H24BrN3OS. The number of aromatic nitrogens is 1. The van der Waals surface area contributed by atoms with Crippen LogP contribution in [0.3, 0.4) is 0 Å². The summed E-state index contributed by atoms with van der Waals surface area (Å²) in [5.41, 5.74) is 12.0. The summed E-state index contributed by atoms with van der Waals surface area (Å²) < 4.78 is 3.21. The Kier molecular flexibility index (Phi) is 6.44. The summed E-state index contributed by atoms with van der Waals surface area (Å²) >= 11 is 5.18. The number of hydrazone groups is 1. The Hall–Kier alpha value is -3.09. The zero-order chi connectivity index (χ0) is 23.7. The van der Waals surface area contributed by atoms with Crippen LogP contribution in [0, 0.1) is 13.8 Å². The van der Waals surface area contributed by atoms with Crippen LogP contribution in [0.15, 0.2) is 88.4 Å². The molecule has 1 aliphatic carbocycles. The molecule has 1 N–H and O–H groups in total. The summed E-state index contributed by atoms with van der Waals surface area (Å²) in [6, 6.07) is 27.1. The van der Waals surface area contributed by atoms with Gasteiger partial charge in [-0.2, -0.15) is 5.10 Å². The molecule has 1 aliphatic rings. The Balaban J connectivity index is 1.25. The molecule has 1 aromatic heterocycles. The predicted octanol–water partition coefficient (Wildman–Crippen LogP) is 6.81. The summed E-state index contributed by atoms with van der Waals surface area (Å²) in [5, 5.41) is 4.40. The second kappa shape index (κ2) is 9.65. The number of aryl methyl sites for hydroxylation is 1. The van der Waals surface area contributed by atoms with Gasteiger partial charge in [-0.05, 0) is 60.4 Å². The lowest BCUT2D eigenvalue weighted by atomic mass is 10.1. The quantitative estimate of drug-likeness (QED) is 0.220. The van der Waals surface area contributed by atoms with Crippen molar-refractivity contribution in [2.75, 3.05) is 5.75 Å². The van der Waals surface area contributed by atoms with Crippen LogP contribution in [0.1, 0.15) is 33.3 Å². The molecule has 6 heteroatoms. The lowest BCUT2D eigenvalue weighted by molar-refractivity contribution is -0.118. The second-order valence-electron chi connectivity index (χ2n) is 8.30. The van der Waals surface area contributed by atoms with Gasteiger partial charge >= 0.3 is 0 Å². The molecule has 0 fully saturated rings. The van der Waals surface area contributed by atoms with Crippen molar-refractivity contribution in [3.63, 3.8) is 0 Å². The third kappa shape index (κ3) is 4.36. The molecular weight excluding hydrogens is 506 g/mol. The monoisotopic (exact) mass is 529 g/mol. The largest absolute Gasteiger partial charge is 0.318 e. The van der Waals surface area contributed by atoms with Crippen LogP contribution in [0.5, 0.6) is 0 Å². The highest BCUT2D eigenvalue weighted by Crippen LogP contribution is 2.49. The van der Waals surface area contributed by atoms with Gasteiger partial charge in [0.05, 0.1) is 17.2 Å². The van der Waals surface area contributed by atoms with Crippen molar-refractivity contribution >= 4 is 39.8 Å². The van der Waals surface area contributed by atoms with E-state index in [0.717, 1.165) is 27.1 Å². The topological polar surface area (TPSA) is 46.4 Å². The summed E-state index contributed by atoms with van der Waals surface area (Å²) in [5.74, 6) is 0.228. The molecule has 0 unspecified atom stereocenters. The Labute approximate surface area is 212 Å². The fourth-order valence-corrected chi connectivity index (χ4v) is 6.12. The third-order valence-corrected chi connectivity index (χ3v) is 7.85. The maximum absolute atomic E-state index is 12.6. The van der Waals surface area contributed by atoms with Crippen molar-refractivity contribution < 1.29 is 4.79 Å². The smallest absolute Gasteiger partial charge is 0.250 e. The second-order valence-corrected chi connectivity index (χ2v) is 10.3. The number of hydrogen-bond donors (Lipinski definition) is 1. The van der Waals surface area contributed by atoms with Crippen LogP contribution in [0.4, 0.5) is 0 Å². The predicted molar refractivity (Wildman–Crippen MR) is 145 cm³/mol. The summed E-state index contributed by atoms with van der Waals surface area (Å²) in [6.45, 7) is 4.12. The summed E-state index contributed by atoms with van der Waals surface area (Å²) in [7, 11) is 0. The molecule has 0 saturated heterocycles. The number of hydrogen-bond acceptors (Lipinski definition) is 3. The first-order chi connectivity index (χ1) is 16.5. The molecule has 1 amide bonds. The Bertz CT molecular complexity index is 1360. The van der Waals surface area contributed by atoms with Crippen LogP contribution in [-0.4, -0.2) is 22.4 Å². The fourth-order valence-electron chi connectivity index (χ4n) is 4.58. The average Bonchev–Trinajstić information content (AvgIpc) is 3.31. The van der Waals surface area contributed by atoms with Gasteiger partial charge in [-0.25, -0.2) is 5.43 Å². The molecule has 0 saturated carbocycles. The number of amides is 1. The normalized spacial score (nSPS) is 12.7. The maximum Gasteiger partial charge on any atom is 0.250 e. The number of nitrogens with zero attached hydrogens (tertiary/aromatic N) is 2. The van der Waals surface area contributed by atoms with Gasteiger partial charge in [0.15, 0.2) is 0 Å². The van der Waals surface area contributed by atoms with Gasteiger partial charge in [0.2, 0.25) is 5.91 Å². The first kappa shape index (κ1) is 22.7. The van der Waals surface area contributed by atoms with Crippen LogP contribution in [0.25, 0.3) is 16.8 Å². The zero-order valence-electron chi connectivity index (χ0n) is 19.0. The number of rotatable bonds is 6. The Morgan fingerprint density at radius 3 is 2.35 bits per heavy atom. The first-order valence-electron chi connectivity index (χ1n) is 11.1. The van der Waals surface area contributed by atoms with E-state index in [0.29, 0.717) is 5.75 Å². The Morgan fingerprint density at radius 2 is 1.68 bits per heavy atom. The van der Waals surface area contributed by atoms with Crippen molar-refractivity contribution in [3.8, 4) is 16.8 Å². The van der Waals surface area contributed by atoms with E-state index in [1.807, 2.05) is 12.1 Å². The highest BCUT2D eigenvalue weighted by atomic mass is 79.9. The number of benzene rings is 3. The lowest BCUT2D eigenvalue weighted by Crippen LogP contribution is -2.20. The van der Waals surface area contributed by atoms with Crippen LogP contribution >= 0.6 is 27.7 Å². The van der Waals surface area contributed by atoms with Gasteiger partial charge in [0.25, 0.3) is 0 Å². The van der Waals surface area contributed by atoms with Crippen molar-refractivity contribution in [2.45, 2.75) is 19.1 Å². The molecule has 0 bridgehead atoms. The van der Waals surface area contributed by atoms with E-state index in [1.54, 1.807) is 18.0 Å². The number of halogens is 1. The van der Waals surface area contributed by atoms with Gasteiger partial charge in [0.1, 0.15) is 0 Å². The minimum Gasteiger partial charge on any atom is -0.318 e. The molecule has 1 heterocycles. The van der Waals surface area contributed by atoms with Crippen molar-refractivity contribution in [1.29, 1.82) is 0 Å². The average molecular weight is 530 g/mol. The SMILES string of the molecule is Cc1cc(/C=N\NC(=O)CSC2c3ccccc3-c3ccccc32)c(C)n1-c1cccc(Br)c1. The standard InChI is InChI=1S/C28H24BrN3OS/c1-18-14-20(19(2)32(18)22-9-7-8-21(29)15-22)16-30-31-27(33)17-34-28-25-12-5-3-10-23(25)24-11-4-6-13-26(24)28/h3-16,28H,17H2,1-2H3,(H,31,33)/b30-16-. The maximum atomic E-state index is 12.6. The van der Waals surface area contributed by atoms with E-state index in [-0.39, 0.29) is 11.2 Å². The third-order valence-electron chi connectivity index (χ3n) is 6.09. The summed E-state index contributed by atoms with van der Waals surface area (Å²) in [4.78, 5) is 12.6. The zero-order valence-corrected chi connectivity index (χ0v) is 21.4. The van der Waals surface area contributed by atoms with Gasteiger partial charge in [-0.1, -0.05) is 70.5 Å². The van der Waals surface area contributed by atoms with Gasteiger partial charge < -0.3 is 4.57 Å². The van der Waals surface area contributed by atoms with Crippen LogP contribution < -0.4 is 5.43 Å². The van der Waals surface area contributed by atoms with Crippen molar-refractivity contribution in [1.82, 2.24) is 9.99 Å². The molecule has 4 nitrogen and oxygen atoms in total. The van der Waals surface area contributed by atoms with Crippen molar-refractivity contribution in [2.24, 2.45) is 5.10 Å². The number of nitrogens with one attached hydrogen (secondary N) is 1. The van der Waals surface area contributed by atoms with Gasteiger partial charge in [0, 0.05) is 27.1 Å². The van der Waals surface area contributed by atoms with Crippen molar-refractivity contribution in [3.05, 3.63) is 111 Å². The van der Waals surface area contributed by atoms with E-state index in [4.69, 9.17) is 0 Å². The van der Waals surface area contributed by atoms with E-state index in [2.05, 4.69) is 112 Å². The molecule has 4 aromatic rings. The number of thioether (sulfide) groups is 1.